The summed E-state index contributed by atoms with van der Waals surface area (Å²) < 4.78 is 0. The van der Waals surface area contributed by atoms with E-state index in [2.05, 4.69) is 60.1 Å². The minimum Gasteiger partial charge on any atom is -0.508 e. The summed E-state index contributed by atoms with van der Waals surface area (Å²) in [6.45, 7) is 0.0286. The summed E-state index contributed by atoms with van der Waals surface area (Å²) in [5.74, 6) is -13.0. The van der Waals surface area contributed by atoms with E-state index in [1.165, 1.54) is 37.1 Å². The van der Waals surface area contributed by atoms with Crippen molar-refractivity contribution in [2.45, 2.75) is 158 Å². The summed E-state index contributed by atoms with van der Waals surface area (Å²) in [6, 6.07) is -6.68. The molecule has 2 fully saturated rings. The normalized spacial score (nSPS) is 23.5. The van der Waals surface area contributed by atoms with Crippen LogP contribution in [0.3, 0.4) is 0 Å². The SMILES string of the molecule is CCCCCCCCCCCCNC(=O)[C@@H]1CC(=O)N[C@@H]2CCCNC(=O)C[C@H](NC(=O)CNC(=O)[C@@H](CC(N)=O)NC(=O)C(Cc3ccc(O)cc3)NC2=O)C(=O)N[C@@H](CO)C(=O)N[C@@H](CC(N)=O)C(=O)N1. The van der Waals surface area contributed by atoms with Gasteiger partial charge in [0.1, 0.15) is 48.0 Å². The number of amides is 12. The molecule has 0 spiro atoms. The average molecular weight is 1030 g/mol. The molecule has 2 saturated heterocycles. The fraction of sp³-hybridized carbons (Fsp3) is 0.617. The molecule has 3 rings (SSSR count). The zero-order chi connectivity index (χ0) is 53.9. The van der Waals surface area contributed by atoms with E-state index in [9.17, 15) is 67.7 Å². The summed E-state index contributed by atoms with van der Waals surface area (Å²) in [5, 5.41) is 43.9. The highest BCUT2D eigenvalue weighted by molar-refractivity contribution is 6.01. The Bertz CT molecular complexity index is 2110. The van der Waals surface area contributed by atoms with E-state index in [4.69, 9.17) is 11.5 Å². The molecule has 2 bridgehead atoms. The summed E-state index contributed by atoms with van der Waals surface area (Å²) >= 11 is 0. The third-order valence-electron chi connectivity index (χ3n) is 11.9. The van der Waals surface area contributed by atoms with E-state index < -0.39 is 152 Å². The zero-order valence-corrected chi connectivity index (χ0v) is 41.1. The third-order valence-corrected chi connectivity index (χ3v) is 11.9. The van der Waals surface area contributed by atoms with E-state index in [0.717, 1.165) is 44.9 Å². The van der Waals surface area contributed by atoms with Crippen molar-refractivity contribution in [3.63, 3.8) is 0 Å². The van der Waals surface area contributed by atoms with Crippen molar-refractivity contribution in [1.29, 1.82) is 0 Å². The van der Waals surface area contributed by atoms with Crippen LogP contribution in [0.2, 0.25) is 0 Å². The summed E-state index contributed by atoms with van der Waals surface area (Å²) in [7, 11) is 0. The van der Waals surface area contributed by atoms with Gasteiger partial charge in [-0.25, -0.2) is 0 Å². The largest absolute Gasteiger partial charge is 0.508 e. The van der Waals surface area contributed by atoms with Gasteiger partial charge in [0.05, 0.1) is 38.8 Å². The van der Waals surface area contributed by atoms with Crippen molar-refractivity contribution in [3.05, 3.63) is 29.8 Å². The molecule has 0 saturated carbocycles. The van der Waals surface area contributed by atoms with E-state index in [-0.39, 0.29) is 38.1 Å². The van der Waals surface area contributed by atoms with Gasteiger partial charge in [0.2, 0.25) is 70.9 Å². The first-order chi connectivity index (χ1) is 34.8. The van der Waals surface area contributed by atoms with Crippen LogP contribution < -0.4 is 64.6 Å². The number of hydrogen-bond donors (Lipinski definition) is 14. The number of unbranched alkanes of at least 4 members (excludes halogenated alkanes) is 9. The van der Waals surface area contributed by atoms with Gasteiger partial charge in [0, 0.05) is 19.5 Å². The summed E-state index contributed by atoms with van der Waals surface area (Å²) in [6.07, 6.45) is 6.16. The maximum atomic E-state index is 14.3. The molecule has 7 atom stereocenters. The van der Waals surface area contributed by atoms with Crippen LogP contribution in [0.15, 0.2) is 24.3 Å². The van der Waals surface area contributed by atoms with Gasteiger partial charge in [-0.2, -0.15) is 0 Å². The smallest absolute Gasteiger partial charge is 0.245 e. The number of phenols is 1. The molecule has 12 amide bonds. The Morgan fingerprint density at radius 1 is 0.575 bits per heavy atom. The van der Waals surface area contributed by atoms with Crippen molar-refractivity contribution >= 4 is 70.9 Å². The van der Waals surface area contributed by atoms with Crippen LogP contribution in [0, 0.1) is 0 Å². The Hall–Kier alpha value is -7.38. The number of nitrogens with two attached hydrogens (primary N) is 2. The second-order valence-corrected chi connectivity index (χ2v) is 18.0. The monoisotopic (exact) mass is 1030 g/mol. The highest BCUT2D eigenvalue weighted by Gasteiger charge is 2.36. The van der Waals surface area contributed by atoms with E-state index in [1.54, 1.807) is 0 Å². The molecule has 2 aliphatic rings. The first-order valence-corrected chi connectivity index (χ1v) is 24.7. The maximum Gasteiger partial charge on any atom is 0.245 e. The van der Waals surface area contributed by atoms with Gasteiger partial charge in [-0.15, -0.1) is 0 Å². The lowest BCUT2D eigenvalue weighted by Crippen LogP contribution is -2.60. The molecule has 1 aromatic carbocycles. The number of primary amides is 2. The van der Waals surface area contributed by atoms with Crippen molar-refractivity contribution in [3.8, 4) is 5.75 Å². The Balaban J connectivity index is 2.08. The van der Waals surface area contributed by atoms with Gasteiger partial charge < -0.3 is 74.8 Å². The number of aliphatic hydroxyl groups excluding tert-OH is 1. The van der Waals surface area contributed by atoms with Crippen LogP contribution >= 0.6 is 0 Å². The first kappa shape index (κ1) is 59.9. The quantitative estimate of drug-likeness (QED) is 0.0587. The predicted octanol–water partition coefficient (Wildman–Crippen LogP) is -4.07. The molecule has 404 valence electrons. The van der Waals surface area contributed by atoms with Crippen molar-refractivity contribution < 1.29 is 67.7 Å². The number of aromatic hydroxyl groups is 1. The van der Waals surface area contributed by atoms with Gasteiger partial charge in [-0.05, 0) is 37.0 Å². The van der Waals surface area contributed by atoms with Gasteiger partial charge in [0.25, 0.3) is 0 Å². The maximum absolute atomic E-state index is 14.3. The van der Waals surface area contributed by atoms with Gasteiger partial charge in [-0.3, -0.25) is 57.5 Å². The number of nitrogens with one attached hydrogen (secondary N) is 10. The van der Waals surface area contributed by atoms with Crippen LogP contribution in [-0.4, -0.2) is 150 Å². The minimum absolute atomic E-state index is 0.0671. The molecular formula is C47H72N12O14. The van der Waals surface area contributed by atoms with Crippen molar-refractivity contribution in [2.75, 3.05) is 26.2 Å². The molecule has 1 unspecified atom stereocenters. The van der Waals surface area contributed by atoms with E-state index >= 15 is 0 Å². The van der Waals surface area contributed by atoms with E-state index in [0.29, 0.717) is 12.0 Å². The number of carbonyl (C=O) groups is 12. The standard InChI is InChI=1S/C47H72N12O14/c1-2-3-4-5-6-7-8-9-10-11-18-51-41(67)33-24-39(65)53-29-13-12-19-50-38(64)23-34(46(72)59-35(26-60)47(73)57-32(22-37(49)63)45(71)58-33)54-40(66)25-52-42(68)31(21-36(48)62)56-44(70)30(55-43(29)69)20-27-14-16-28(61)17-15-27/h14-17,29-35,60-61H,2-13,18-26H2,1H3,(H2,48,62)(H2,49,63)(H,50,64)(H,51,67)(H,52,68)(H,53,65)(H,54,66)(H,55,69)(H,56,70)(H,57,73)(H,58,71)(H,59,72)/t29-,30?,31-,32+,33+,34+,35+/m1/s1. The highest BCUT2D eigenvalue weighted by atomic mass is 16.3. The Kier molecular flexibility index (Phi) is 26.1. The predicted molar refractivity (Wildman–Crippen MR) is 259 cm³/mol. The molecule has 0 aromatic heterocycles. The van der Waals surface area contributed by atoms with Crippen molar-refractivity contribution in [2.24, 2.45) is 11.5 Å². The molecule has 0 aliphatic carbocycles. The number of hydrogen-bond acceptors (Lipinski definition) is 14. The lowest BCUT2D eigenvalue weighted by molar-refractivity contribution is -0.137. The molecule has 2 aliphatic heterocycles. The zero-order valence-electron chi connectivity index (χ0n) is 41.1. The molecule has 0 radical (unpaired) electrons. The van der Waals surface area contributed by atoms with Crippen LogP contribution in [0.1, 0.15) is 115 Å². The molecule has 26 nitrogen and oxygen atoms in total. The number of benzene rings is 1. The Morgan fingerprint density at radius 2 is 1.10 bits per heavy atom. The molecule has 73 heavy (non-hydrogen) atoms. The number of rotatable bonds is 19. The summed E-state index contributed by atoms with van der Waals surface area (Å²) in [5.41, 5.74) is 11.2. The van der Waals surface area contributed by atoms with Crippen LogP contribution in [0.4, 0.5) is 0 Å². The van der Waals surface area contributed by atoms with Crippen LogP contribution in [0.25, 0.3) is 0 Å². The minimum atomic E-state index is -1.90. The molecule has 2 heterocycles. The number of phenolic OH excluding ortho intramolecular Hbond substituents is 1. The topological polar surface area (TPSA) is 418 Å². The molecule has 26 heteroatoms. The van der Waals surface area contributed by atoms with Crippen LogP contribution in [0.5, 0.6) is 5.75 Å². The molecular weight excluding hydrogens is 957 g/mol. The van der Waals surface area contributed by atoms with Crippen LogP contribution in [-0.2, 0) is 64.0 Å². The van der Waals surface area contributed by atoms with Gasteiger partial charge in [-0.1, -0.05) is 76.8 Å². The number of carbonyl (C=O) groups excluding carboxylic acids is 12. The first-order valence-electron chi connectivity index (χ1n) is 24.7. The number of aliphatic hydroxyl groups is 1. The van der Waals surface area contributed by atoms with Gasteiger partial charge in [0.15, 0.2) is 0 Å². The summed E-state index contributed by atoms with van der Waals surface area (Å²) in [4.78, 5) is 162. The lowest BCUT2D eigenvalue weighted by Gasteiger charge is -2.26. The van der Waals surface area contributed by atoms with Crippen molar-refractivity contribution in [1.82, 2.24) is 53.2 Å². The third kappa shape index (κ3) is 22.7. The highest BCUT2D eigenvalue weighted by Crippen LogP contribution is 2.14. The average Bonchev–Trinajstić information content (AvgIpc) is 3.33. The molecule has 16 N–H and O–H groups in total. The fourth-order valence-electron chi connectivity index (χ4n) is 7.85. The fourth-order valence-corrected chi connectivity index (χ4v) is 7.85. The Morgan fingerprint density at radius 3 is 1.70 bits per heavy atom. The Labute approximate surface area is 422 Å². The van der Waals surface area contributed by atoms with E-state index in [1.807, 2.05) is 0 Å². The molecule has 1 aromatic rings. The van der Waals surface area contributed by atoms with Gasteiger partial charge >= 0.3 is 0 Å². The second-order valence-electron chi connectivity index (χ2n) is 18.0. The second kappa shape index (κ2) is 31.8. The number of fused-ring (bicyclic) bond motifs is 7. The lowest BCUT2D eigenvalue weighted by atomic mass is 10.0.